The van der Waals surface area contributed by atoms with Crippen molar-refractivity contribution in [1.82, 2.24) is 0 Å². The number of hydrogen-bond acceptors (Lipinski definition) is 5. The molecule has 0 unspecified atom stereocenters. The summed E-state index contributed by atoms with van der Waals surface area (Å²) in [6.45, 7) is 0. The topological polar surface area (TPSA) is 93.1 Å². The molecule has 0 spiro atoms. The third-order valence-corrected chi connectivity index (χ3v) is 0.349. The lowest BCUT2D eigenvalue weighted by molar-refractivity contribution is -0.439. The normalized spacial score (nSPS) is 11.7. The number of rotatable bonds is 2. The van der Waals surface area contributed by atoms with E-state index in [1.807, 2.05) is 0 Å². The third kappa shape index (κ3) is 5.79. The fraction of sp³-hybridized carbons (Fsp3) is 0. The van der Waals surface area contributed by atoms with E-state index in [0.717, 1.165) is 0 Å². The van der Waals surface area contributed by atoms with Crippen LogP contribution in [-0.2, 0) is 19.8 Å². The van der Waals surface area contributed by atoms with Gasteiger partial charge < -0.3 is 0 Å². The standard InChI is InChI=1S/H2O6S/c1-5-6-7(2,3)4/h1H,(H,2,3,4). The monoisotopic (exact) mass is 130 g/mol. The molecule has 0 aromatic rings. The van der Waals surface area contributed by atoms with Crippen LogP contribution in [0.1, 0.15) is 0 Å². The van der Waals surface area contributed by atoms with Crippen LogP contribution in [0.3, 0.4) is 0 Å². The molecule has 44 valence electrons. The SMILES string of the molecule is O=S(=O)(O)OOO. The third-order valence-electron chi connectivity index (χ3n) is 0.116. The van der Waals surface area contributed by atoms with E-state index < -0.39 is 10.4 Å². The lowest BCUT2D eigenvalue weighted by Gasteiger charge is -1.85. The smallest absolute Gasteiger partial charge is 0.262 e. The molecule has 0 aliphatic rings. The van der Waals surface area contributed by atoms with E-state index in [1.54, 1.807) is 0 Å². The highest BCUT2D eigenvalue weighted by Crippen LogP contribution is 1.81. The Labute approximate surface area is 39.1 Å². The maximum Gasteiger partial charge on any atom is 0.426 e. The summed E-state index contributed by atoms with van der Waals surface area (Å²) in [6.07, 6.45) is 0. The van der Waals surface area contributed by atoms with E-state index in [4.69, 9.17) is 9.81 Å². The molecule has 0 saturated heterocycles. The Balaban J connectivity index is 3.60. The van der Waals surface area contributed by atoms with Gasteiger partial charge in [-0.1, -0.05) is 9.37 Å². The van der Waals surface area contributed by atoms with E-state index >= 15 is 0 Å². The average Bonchev–Trinajstić information content (AvgIpc) is 1.30. The Morgan fingerprint density at radius 3 is 1.86 bits per heavy atom. The van der Waals surface area contributed by atoms with Gasteiger partial charge in [0.05, 0.1) is 0 Å². The van der Waals surface area contributed by atoms with Gasteiger partial charge in [-0.25, -0.2) is 5.26 Å². The highest BCUT2D eigenvalue weighted by atomic mass is 32.3. The summed E-state index contributed by atoms with van der Waals surface area (Å²) in [7, 11) is -4.65. The predicted molar refractivity (Wildman–Crippen MR) is 16.3 cm³/mol. The van der Waals surface area contributed by atoms with Gasteiger partial charge in [-0.2, -0.15) is 8.42 Å². The van der Waals surface area contributed by atoms with Crippen LogP contribution in [0.2, 0.25) is 0 Å². The summed E-state index contributed by atoms with van der Waals surface area (Å²) in [4.78, 5) is 0. The first kappa shape index (κ1) is 6.79. The van der Waals surface area contributed by atoms with Crippen molar-refractivity contribution in [3.05, 3.63) is 0 Å². The van der Waals surface area contributed by atoms with Crippen molar-refractivity contribution < 1.29 is 27.6 Å². The fourth-order valence-corrected chi connectivity index (χ4v) is 0.115. The highest BCUT2D eigenvalue weighted by molar-refractivity contribution is 7.80. The van der Waals surface area contributed by atoms with E-state index in [0.29, 0.717) is 0 Å². The van der Waals surface area contributed by atoms with Crippen molar-refractivity contribution >= 4 is 10.4 Å². The Kier molecular flexibility index (Phi) is 2.12. The van der Waals surface area contributed by atoms with Crippen molar-refractivity contribution in [3.63, 3.8) is 0 Å². The lowest BCUT2D eigenvalue weighted by Crippen LogP contribution is -2.01. The first-order valence-corrected chi connectivity index (χ1v) is 2.40. The van der Waals surface area contributed by atoms with Gasteiger partial charge in [-0.3, -0.25) is 4.55 Å². The second-order valence-electron chi connectivity index (χ2n) is 0.570. The summed E-state index contributed by atoms with van der Waals surface area (Å²) in [6, 6.07) is 0. The van der Waals surface area contributed by atoms with Gasteiger partial charge in [0, 0.05) is 0 Å². The molecule has 0 heterocycles. The molecule has 0 amide bonds. The molecule has 0 bridgehead atoms. The molecule has 0 fully saturated rings. The second kappa shape index (κ2) is 2.19. The Morgan fingerprint density at radius 1 is 1.43 bits per heavy atom. The number of hydrogen-bond donors (Lipinski definition) is 2. The van der Waals surface area contributed by atoms with Crippen molar-refractivity contribution in [2.75, 3.05) is 0 Å². The Hall–Kier alpha value is -0.210. The van der Waals surface area contributed by atoms with Crippen molar-refractivity contribution in [2.24, 2.45) is 0 Å². The van der Waals surface area contributed by atoms with E-state index in [-0.39, 0.29) is 0 Å². The summed E-state index contributed by atoms with van der Waals surface area (Å²) >= 11 is 0. The minimum absolute atomic E-state index is 2.57. The minimum Gasteiger partial charge on any atom is -0.262 e. The lowest BCUT2D eigenvalue weighted by atomic mass is 14.6. The van der Waals surface area contributed by atoms with Gasteiger partial charge in [0.2, 0.25) is 0 Å². The zero-order chi connectivity index (χ0) is 5.91. The Morgan fingerprint density at radius 2 is 1.86 bits per heavy atom. The molecule has 0 atom stereocenters. The Bertz CT molecular complexity index is 117. The molecule has 7 heteroatoms. The highest BCUT2D eigenvalue weighted by Gasteiger charge is 2.02. The van der Waals surface area contributed by atoms with Gasteiger partial charge in [0.1, 0.15) is 0 Å². The molecule has 0 aliphatic heterocycles. The van der Waals surface area contributed by atoms with Gasteiger partial charge in [-0.15, -0.1) is 0 Å². The quantitative estimate of drug-likeness (QED) is 0.289. The van der Waals surface area contributed by atoms with Crippen LogP contribution in [0, 0.1) is 0 Å². The maximum atomic E-state index is 9.28. The fourth-order valence-electron chi connectivity index (χ4n) is 0.0385. The van der Waals surface area contributed by atoms with Crippen LogP contribution in [0.4, 0.5) is 0 Å². The molecule has 0 aromatic heterocycles. The zero-order valence-corrected chi connectivity index (χ0v) is 3.75. The van der Waals surface area contributed by atoms with Crippen LogP contribution in [0.25, 0.3) is 0 Å². The molecule has 7 heavy (non-hydrogen) atoms. The van der Waals surface area contributed by atoms with E-state index in [1.165, 1.54) is 0 Å². The van der Waals surface area contributed by atoms with Crippen molar-refractivity contribution in [3.8, 4) is 0 Å². The largest absolute Gasteiger partial charge is 0.426 e. The molecule has 2 N–H and O–H groups in total. The van der Waals surface area contributed by atoms with Crippen molar-refractivity contribution in [1.29, 1.82) is 0 Å². The predicted octanol–water partition coefficient (Wildman–Crippen LogP) is -0.790. The molecule has 6 nitrogen and oxygen atoms in total. The van der Waals surface area contributed by atoms with E-state index in [2.05, 4.69) is 9.37 Å². The van der Waals surface area contributed by atoms with Crippen LogP contribution in [0.15, 0.2) is 0 Å². The van der Waals surface area contributed by atoms with E-state index in [9.17, 15) is 8.42 Å². The molecule has 0 rings (SSSR count). The van der Waals surface area contributed by atoms with Crippen LogP contribution in [-0.4, -0.2) is 18.2 Å². The van der Waals surface area contributed by atoms with Gasteiger partial charge >= 0.3 is 10.4 Å². The summed E-state index contributed by atoms with van der Waals surface area (Å²) < 4.78 is 28.9. The molecule has 0 saturated carbocycles. The molecular formula is H2O6S. The second-order valence-corrected chi connectivity index (χ2v) is 1.56. The first-order valence-electron chi connectivity index (χ1n) is 1.03. The maximum absolute atomic E-state index is 9.28. The first-order chi connectivity index (χ1) is 3.06. The summed E-state index contributed by atoms with van der Waals surface area (Å²) in [5.41, 5.74) is 0. The van der Waals surface area contributed by atoms with Crippen LogP contribution < -0.4 is 0 Å². The molecule has 0 radical (unpaired) electrons. The molecule has 0 aromatic carbocycles. The average molecular weight is 130 g/mol. The summed E-state index contributed by atoms with van der Waals surface area (Å²) in [5, 5.41) is 9.71. The zero-order valence-electron chi connectivity index (χ0n) is 2.94. The summed E-state index contributed by atoms with van der Waals surface area (Å²) in [5.74, 6) is 0. The van der Waals surface area contributed by atoms with Crippen LogP contribution in [0.5, 0.6) is 0 Å². The minimum atomic E-state index is -4.65. The molecular weight excluding hydrogens is 128 g/mol. The van der Waals surface area contributed by atoms with Gasteiger partial charge in [-0.05, 0) is 0 Å². The van der Waals surface area contributed by atoms with Gasteiger partial charge in [0.25, 0.3) is 0 Å². The van der Waals surface area contributed by atoms with Crippen LogP contribution >= 0.6 is 0 Å². The van der Waals surface area contributed by atoms with Crippen molar-refractivity contribution in [2.45, 2.75) is 0 Å². The van der Waals surface area contributed by atoms with Gasteiger partial charge in [0.15, 0.2) is 0 Å². The molecule has 0 aliphatic carbocycles.